The molecule has 25 heavy (non-hydrogen) atoms. The summed E-state index contributed by atoms with van der Waals surface area (Å²) in [5.41, 5.74) is 2.56. The number of rotatable bonds is 4. The summed E-state index contributed by atoms with van der Waals surface area (Å²) >= 11 is 0. The molecule has 0 spiro atoms. The maximum Gasteiger partial charge on any atom is 0.338 e. The molecule has 0 saturated heterocycles. The molecular weight excluding hydrogens is 316 g/mol. The molecule has 5 nitrogen and oxygen atoms in total. The highest BCUT2D eigenvalue weighted by molar-refractivity contribution is 5.95. The minimum atomic E-state index is -0.546. The Balaban J connectivity index is 1.88. The fourth-order valence-corrected chi connectivity index (χ4v) is 2.15. The van der Waals surface area contributed by atoms with E-state index in [1.54, 1.807) is 36.4 Å². The van der Waals surface area contributed by atoms with Crippen molar-refractivity contribution < 1.29 is 14.3 Å². The summed E-state index contributed by atoms with van der Waals surface area (Å²) in [6.45, 7) is 5.90. The van der Waals surface area contributed by atoms with E-state index >= 15 is 0 Å². The van der Waals surface area contributed by atoms with E-state index in [0.717, 1.165) is 5.56 Å². The summed E-state index contributed by atoms with van der Waals surface area (Å²) in [6.07, 6.45) is 0. The number of hydrogen-bond donors (Lipinski definition) is 1. The van der Waals surface area contributed by atoms with Crippen LogP contribution in [0.3, 0.4) is 0 Å². The monoisotopic (exact) mass is 336 g/mol. The number of amides is 1. The van der Waals surface area contributed by atoms with Gasteiger partial charge < -0.3 is 10.1 Å². The summed E-state index contributed by atoms with van der Waals surface area (Å²) in [6, 6.07) is 15.6. The van der Waals surface area contributed by atoms with Gasteiger partial charge in [-0.25, -0.2) is 4.79 Å². The molecule has 0 unspecified atom stereocenters. The lowest BCUT2D eigenvalue weighted by molar-refractivity contribution is -0.119. The molecule has 0 atom stereocenters. The predicted molar refractivity (Wildman–Crippen MR) is 95.2 cm³/mol. The number of carbonyl (C=O) groups excluding carboxylic acids is 2. The molecule has 0 aromatic heterocycles. The summed E-state index contributed by atoms with van der Waals surface area (Å²) in [4.78, 5) is 23.8. The van der Waals surface area contributed by atoms with Crippen molar-refractivity contribution in [1.29, 1.82) is 5.26 Å². The molecule has 0 aliphatic rings. The Kier molecular flexibility index (Phi) is 5.56. The van der Waals surface area contributed by atoms with Crippen molar-refractivity contribution in [2.75, 3.05) is 11.9 Å². The van der Waals surface area contributed by atoms with Crippen LogP contribution in [-0.4, -0.2) is 18.5 Å². The van der Waals surface area contributed by atoms with Crippen LogP contribution in [0.25, 0.3) is 0 Å². The van der Waals surface area contributed by atoms with Crippen LogP contribution in [0.15, 0.2) is 48.5 Å². The molecule has 0 aliphatic carbocycles. The van der Waals surface area contributed by atoms with Gasteiger partial charge in [0.25, 0.3) is 5.91 Å². The van der Waals surface area contributed by atoms with Crippen molar-refractivity contribution in [2.45, 2.75) is 26.2 Å². The highest BCUT2D eigenvalue weighted by atomic mass is 16.5. The number of benzene rings is 2. The van der Waals surface area contributed by atoms with Crippen molar-refractivity contribution in [3.8, 4) is 6.07 Å². The molecule has 0 radical (unpaired) electrons. The van der Waals surface area contributed by atoms with Gasteiger partial charge in [0.2, 0.25) is 0 Å². The van der Waals surface area contributed by atoms with E-state index in [-0.39, 0.29) is 12.0 Å². The fourth-order valence-electron chi connectivity index (χ4n) is 2.15. The number of esters is 1. The standard InChI is InChI=1S/C20H20N2O3/c1-20(2,3)16-8-6-15(7-9-16)19(24)25-13-18(23)22-17-10-4-14(12-21)5-11-17/h4-11H,13H2,1-3H3,(H,22,23). The van der Waals surface area contributed by atoms with Crippen LogP contribution in [0.4, 0.5) is 5.69 Å². The first-order valence-electron chi connectivity index (χ1n) is 7.87. The molecule has 0 heterocycles. The van der Waals surface area contributed by atoms with Gasteiger partial charge in [-0.3, -0.25) is 4.79 Å². The number of nitriles is 1. The zero-order valence-electron chi connectivity index (χ0n) is 14.5. The average Bonchev–Trinajstić information content (AvgIpc) is 2.59. The van der Waals surface area contributed by atoms with E-state index in [1.807, 2.05) is 18.2 Å². The summed E-state index contributed by atoms with van der Waals surface area (Å²) in [5.74, 6) is -0.986. The molecule has 2 rings (SSSR count). The van der Waals surface area contributed by atoms with Gasteiger partial charge >= 0.3 is 5.97 Å². The van der Waals surface area contributed by atoms with Crippen molar-refractivity contribution >= 4 is 17.6 Å². The Labute approximate surface area is 147 Å². The largest absolute Gasteiger partial charge is 0.452 e. The zero-order valence-corrected chi connectivity index (χ0v) is 14.5. The van der Waals surface area contributed by atoms with Gasteiger partial charge in [0.1, 0.15) is 0 Å². The van der Waals surface area contributed by atoms with E-state index in [4.69, 9.17) is 10.00 Å². The smallest absolute Gasteiger partial charge is 0.338 e. The van der Waals surface area contributed by atoms with Gasteiger partial charge in [-0.05, 0) is 47.4 Å². The first kappa shape index (κ1) is 18.2. The highest BCUT2D eigenvalue weighted by Gasteiger charge is 2.15. The number of hydrogen-bond acceptors (Lipinski definition) is 4. The molecule has 1 N–H and O–H groups in total. The maximum atomic E-state index is 12.0. The summed E-state index contributed by atoms with van der Waals surface area (Å²) in [5, 5.41) is 11.3. The van der Waals surface area contributed by atoms with Gasteiger partial charge in [-0.1, -0.05) is 32.9 Å². The second-order valence-corrected chi connectivity index (χ2v) is 6.64. The first-order valence-corrected chi connectivity index (χ1v) is 7.87. The Morgan fingerprint density at radius 3 is 2.16 bits per heavy atom. The third kappa shape index (κ3) is 5.18. The van der Waals surface area contributed by atoms with Gasteiger partial charge in [0.15, 0.2) is 6.61 Å². The van der Waals surface area contributed by atoms with Crippen LogP contribution in [0.2, 0.25) is 0 Å². The predicted octanol–water partition coefficient (Wildman–Crippen LogP) is 3.65. The molecule has 2 aromatic carbocycles. The Morgan fingerprint density at radius 2 is 1.64 bits per heavy atom. The number of ether oxygens (including phenoxy) is 1. The average molecular weight is 336 g/mol. The quantitative estimate of drug-likeness (QED) is 0.864. The van der Waals surface area contributed by atoms with Crippen molar-refractivity contribution in [3.63, 3.8) is 0 Å². The van der Waals surface area contributed by atoms with Gasteiger partial charge in [-0.2, -0.15) is 5.26 Å². The molecule has 5 heteroatoms. The fraction of sp³-hybridized carbons (Fsp3) is 0.250. The first-order chi connectivity index (χ1) is 11.8. The summed E-state index contributed by atoms with van der Waals surface area (Å²) < 4.78 is 5.03. The van der Waals surface area contributed by atoms with E-state index in [0.29, 0.717) is 16.8 Å². The second-order valence-electron chi connectivity index (χ2n) is 6.64. The lowest BCUT2D eigenvalue weighted by atomic mass is 9.87. The van der Waals surface area contributed by atoms with Crippen molar-refractivity contribution in [2.24, 2.45) is 0 Å². The third-order valence-corrected chi connectivity index (χ3v) is 3.62. The number of nitrogens with zero attached hydrogens (tertiary/aromatic N) is 1. The number of carbonyl (C=O) groups is 2. The molecule has 0 fully saturated rings. The van der Waals surface area contributed by atoms with Crippen LogP contribution < -0.4 is 5.32 Å². The number of anilines is 1. The van der Waals surface area contributed by atoms with E-state index in [9.17, 15) is 9.59 Å². The van der Waals surface area contributed by atoms with E-state index < -0.39 is 11.9 Å². The van der Waals surface area contributed by atoms with Crippen LogP contribution in [0.1, 0.15) is 42.3 Å². The normalized spacial score (nSPS) is 10.6. The minimum Gasteiger partial charge on any atom is -0.452 e. The Hall–Kier alpha value is -3.13. The maximum absolute atomic E-state index is 12.0. The lowest BCUT2D eigenvalue weighted by Gasteiger charge is -2.18. The van der Waals surface area contributed by atoms with Gasteiger partial charge in [0, 0.05) is 5.69 Å². The topological polar surface area (TPSA) is 79.2 Å². The molecule has 128 valence electrons. The van der Waals surface area contributed by atoms with Gasteiger partial charge in [0.05, 0.1) is 17.2 Å². The lowest BCUT2D eigenvalue weighted by Crippen LogP contribution is -2.21. The van der Waals surface area contributed by atoms with Crippen LogP contribution in [0, 0.1) is 11.3 Å². The van der Waals surface area contributed by atoms with Crippen molar-refractivity contribution in [1.82, 2.24) is 0 Å². The SMILES string of the molecule is CC(C)(C)c1ccc(C(=O)OCC(=O)Nc2ccc(C#N)cc2)cc1. The van der Waals surface area contributed by atoms with E-state index in [2.05, 4.69) is 26.1 Å². The molecule has 1 amide bonds. The van der Waals surface area contributed by atoms with Crippen LogP contribution in [-0.2, 0) is 14.9 Å². The molecule has 0 saturated carbocycles. The Morgan fingerprint density at radius 1 is 1.04 bits per heavy atom. The molecular formula is C20H20N2O3. The highest BCUT2D eigenvalue weighted by Crippen LogP contribution is 2.22. The van der Waals surface area contributed by atoms with Crippen LogP contribution in [0.5, 0.6) is 0 Å². The van der Waals surface area contributed by atoms with Gasteiger partial charge in [-0.15, -0.1) is 0 Å². The summed E-state index contributed by atoms with van der Waals surface area (Å²) in [7, 11) is 0. The second kappa shape index (κ2) is 7.63. The zero-order chi connectivity index (χ0) is 18.4. The van der Waals surface area contributed by atoms with Crippen molar-refractivity contribution in [3.05, 3.63) is 65.2 Å². The molecule has 2 aromatic rings. The molecule has 0 aliphatic heterocycles. The molecule has 0 bridgehead atoms. The van der Waals surface area contributed by atoms with Crippen LogP contribution >= 0.6 is 0 Å². The minimum absolute atomic E-state index is 0.00339. The Bertz CT molecular complexity index is 795. The number of nitrogens with one attached hydrogen (secondary N) is 1. The van der Waals surface area contributed by atoms with E-state index in [1.165, 1.54) is 0 Å². The third-order valence-electron chi connectivity index (χ3n) is 3.62.